The lowest BCUT2D eigenvalue weighted by molar-refractivity contribution is -0.134. The van der Waals surface area contributed by atoms with E-state index < -0.39 is 11.8 Å². The van der Waals surface area contributed by atoms with E-state index in [1.54, 1.807) is 0 Å². The van der Waals surface area contributed by atoms with Crippen LogP contribution >= 0.6 is 23.9 Å². The van der Waals surface area contributed by atoms with Crippen LogP contribution in [0.4, 0.5) is 11.4 Å². The molecule has 0 radical (unpaired) electrons. The molecule has 0 aliphatic carbocycles. The molecule has 0 spiro atoms. The van der Waals surface area contributed by atoms with E-state index in [-0.39, 0.29) is 0 Å². The van der Waals surface area contributed by atoms with E-state index in [9.17, 15) is 9.59 Å². The molecule has 0 saturated heterocycles. The fourth-order valence-corrected chi connectivity index (χ4v) is 4.65. The fraction of sp³-hybridized carbons (Fsp3) is 0. The number of para-hydroxylation sites is 2. The summed E-state index contributed by atoms with van der Waals surface area (Å²) in [7, 11) is 0. The summed E-state index contributed by atoms with van der Waals surface area (Å²) in [5.74, 6) is -1.25. The second-order valence-electron chi connectivity index (χ2n) is 6.68. The SMILES string of the molecule is O=C(C(=O)N(Sc1ccccc1)c1ccccc1)N(Sc1ccccc1)c1ccccc1. The van der Waals surface area contributed by atoms with Gasteiger partial charge in [0.15, 0.2) is 0 Å². The van der Waals surface area contributed by atoms with Gasteiger partial charge in [-0.1, -0.05) is 72.8 Å². The maximum absolute atomic E-state index is 13.6. The van der Waals surface area contributed by atoms with Crippen molar-refractivity contribution in [3.05, 3.63) is 121 Å². The number of carbonyl (C=O) groups excluding carboxylic acids is 2. The molecule has 0 heterocycles. The predicted molar refractivity (Wildman–Crippen MR) is 132 cm³/mol. The van der Waals surface area contributed by atoms with Gasteiger partial charge in [-0.25, -0.2) is 8.61 Å². The van der Waals surface area contributed by atoms with E-state index in [2.05, 4.69) is 0 Å². The summed E-state index contributed by atoms with van der Waals surface area (Å²) in [6.45, 7) is 0. The lowest BCUT2D eigenvalue weighted by atomic mass is 10.3. The van der Waals surface area contributed by atoms with E-state index >= 15 is 0 Å². The minimum atomic E-state index is -0.627. The van der Waals surface area contributed by atoms with Crippen LogP contribution in [0.15, 0.2) is 131 Å². The second-order valence-corrected chi connectivity index (χ2v) is 8.72. The van der Waals surface area contributed by atoms with Crippen molar-refractivity contribution >= 4 is 47.1 Å². The average molecular weight is 457 g/mol. The van der Waals surface area contributed by atoms with Gasteiger partial charge in [-0.2, -0.15) is 0 Å². The quantitative estimate of drug-likeness (QED) is 0.246. The van der Waals surface area contributed by atoms with Gasteiger partial charge in [-0.05, 0) is 72.4 Å². The van der Waals surface area contributed by atoms with Crippen LogP contribution in [0.2, 0.25) is 0 Å². The Morgan fingerprint density at radius 2 is 0.719 bits per heavy atom. The van der Waals surface area contributed by atoms with E-state index in [1.807, 2.05) is 121 Å². The number of hydrogen-bond donors (Lipinski definition) is 0. The van der Waals surface area contributed by atoms with Gasteiger partial charge < -0.3 is 0 Å². The third kappa shape index (κ3) is 5.41. The molecule has 0 bridgehead atoms. The van der Waals surface area contributed by atoms with Crippen LogP contribution in [0.3, 0.4) is 0 Å². The van der Waals surface area contributed by atoms with Crippen LogP contribution in [0.25, 0.3) is 0 Å². The van der Waals surface area contributed by atoms with Crippen molar-refractivity contribution in [3.63, 3.8) is 0 Å². The number of anilines is 2. The summed E-state index contributed by atoms with van der Waals surface area (Å²) in [6, 6.07) is 37.5. The van der Waals surface area contributed by atoms with Crippen molar-refractivity contribution < 1.29 is 9.59 Å². The van der Waals surface area contributed by atoms with Gasteiger partial charge in [-0.3, -0.25) is 9.59 Å². The first-order valence-electron chi connectivity index (χ1n) is 9.97. The third-order valence-electron chi connectivity index (χ3n) is 4.41. The molecule has 0 N–H and O–H groups in total. The molecule has 4 aromatic carbocycles. The maximum Gasteiger partial charge on any atom is 0.328 e. The lowest BCUT2D eigenvalue weighted by Gasteiger charge is -2.25. The summed E-state index contributed by atoms with van der Waals surface area (Å²) in [5, 5.41) is 0. The predicted octanol–water partition coefficient (Wildman–Crippen LogP) is 6.47. The molecule has 0 atom stereocenters. The van der Waals surface area contributed by atoms with Crippen LogP contribution in [-0.2, 0) is 9.59 Å². The van der Waals surface area contributed by atoms with Gasteiger partial charge >= 0.3 is 11.8 Å². The summed E-state index contributed by atoms with van der Waals surface area (Å²) < 4.78 is 2.89. The topological polar surface area (TPSA) is 40.6 Å². The van der Waals surface area contributed by atoms with Gasteiger partial charge in [0.2, 0.25) is 0 Å². The largest absolute Gasteiger partial charge is 0.328 e. The van der Waals surface area contributed by atoms with Gasteiger partial charge in [0.1, 0.15) is 0 Å². The minimum absolute atomic E-state index is 0.627. The molecule has 158 valence electrons. The Hall–Kier alpha value is -3.48. The Bertz CT molecular complexity index is 1060. The summed E-state index contributed by atoms with van der Waals surface area (Å²) >= 11 is 2.45. The number of carbonyl (C=O) groups is 2. The van der Waals surface area contributed by atoms with Crippen molar-refractivity contribution in [2.75, 3.05) is 8.61 Å². The molecular formula is C26H20N2O2S2. The van der Waals surface area contributed by atoms with Crippen molar-refractivity contribution in [3.8, 4) is 0 Å². The zero-order chi connectivity index (χ0) is 22.2. The Labute approximate surface area is 196 Å². The molecule has 32 heavy (non-hydrogen) atoms. The van der Waals surface area contributed by atoms with Crippen LogP contribution in [-0.4, -0.2) is 11.8 Å². The Morgan fingerprint density at radius 1 is 0.438 bits per heavy atom. The standard InChI is InChI=1S/C26H20N2O2S2/c29-25(27(21-13-5-1-6-14-21)31-23-17-9-3-10-18-23)26(30)28(22-15-7-2-8-16-22)32-24-19-11-4-12-20-24/h1-20H. The highest BCUT2D eigenvalue weighted by molar-refractivity contribution is 8.02. The van der Waals surface area contributed by atoms with Gasteiger partial charge in [0.25, 0.3) is 0 Å². The number of benzene rings is 4. The first kappa shape index (κ1) is 21.7. The van der Waals surface area contributed by atoms with Crippen molar-refractivity contribution in [1.29, 1.82) is 0 Å². The normalized spacial score (nSPS) is 10.4. The molecule has 6 heteroatoms. The van der Waals surface area contributed by atoms with Crippen LogP contribution in [0, 0.1) is 0 Å². The van der Waals surface area contributed by atoms with E-state index in [1.165, 1.54) is 32.5 Å². The average Bonchev–Trinajstić information content (AvgIpc) is 2.87. The van der Waals surface area contributed by atoms with Crippen LogP contribution in [0.5, 0.6) is 0 Å². The van der Waals surface area contributed by atoms with Crippen molar-refractivity contribution in [2.24, 2.45) is 0 Å². The van der Waals surface area contributed by atoms with Crippen molar-refractivity contribution in [1.82, 2.24) is 0 Å². The highest BCUT2D eigenvalue weighted by Gasteiger charge is 2.31. The third-order valence-corrected chi connectivity index (χ3v) is 6.50. The number of nitrogens with zero attached hydrogens (tertiary/aromatic N) is 2. The first-order valence-corrected chi connectivity index (χ1v) is 11.5. The first-order chi connectivity index (χ1) is 15.7. The molecule has 0 saturated carbocycles. The van der Waals surface area contributed by atoms with E-state index in [0.29, 0.717) is 11.4 Å². The number of amides is 2. The zero-order valence-corrected chi connectivity index (χ0v) is 18.7. The molecule has 4 rings (SSSR count). The molecule has 2 amide bonds. The minimum Gasteiger partial charge on any atom is -0.262 e. The van der Waals surface area contributed by atoms with E-state index in [0.717, 1.165) is 9.79 Å². The van der Waals surface area contributed by atoms with Gasteiger partial charge in [-0.15, -0.1) is 0 Å². The monoisotopic (exact) mass is 456 g/mol. The number of hydrogen-bond acceptors (Lipinski definition) is 4. The van der Waals surface area contributed by atoms with Crippen LogP contribution in [0.1, 0.15) is 0 Å². The fourth-order valence-electron chi connectivity index (χ4n) is 2.90. The van der Waals surface area contributed by atoms with Crippen LogP contribution < -0.4 is 8.61 Å². The Kier molecular flexibility index (Phi) is 7.27. The molecule has 0 fully saturated rings. The zero-order valence-electron chi connectivity index (χ0n) is 17.1. The molecule has 0 aliphatic rings. The van der Waals surface area contributed by atoms with Gasteiger partial charge in [0.05, 0.1) is 11.4 Å². The highest BCUT2D eigenvalue weighted by atomic mass is 32.2. The molecule has 4 aromatic rings. The summed E-state index contributed by atoms with van der Waals surface area (Å²) in [6.07, 6.45) is 0. The molecular weight excluding hydrogens is 436 g/mol. The lowest BCUT2D eigenvalue weighted by Crippen LogP contribution is -2.40. The van der Waals surface area contributed by atoms with Crippen molar-refractivity contribution in [2.45, 2.75) is 9.79 Å². The molecule has 0 aliphatic heterocycles. The smallest absolute Gasteiger partial charge is 0.262 e. The molecule has 0 aromatic heterocycles. The highest BCUT2D eigenvalue weighted by Crippen LogP contribution is 2.33. The number of rotatable bonds is 6. The second kappa shape index (κ2) is 10.7. The summed E-state index contributed by atoms with van der Waals surface area (Å²) in [4.78, 5) is 28.8. The van der Waals surface area contributed by atoms with E-state index in [4.69, 9.17) is 0 Å². The Balaban J connectivity index is 1.67. The van der Waals surface area contributed by atoms with Gasteiger partial charge in [0, 0.05) is 9.79 Å². The molecule has 4 nitrogen and oxygen atoms in total. The Morgan fingerprint density at radius 3 is 1.03 bits per heavy atom. The maximum atomic E-state index is 13.6. The molecule has 0 unspecified atom stereocenters. The summed E-state index contributed by atoms with van der Waals surface area (Å²) in [5.41, 5.74) is 1.27.